The molecule has 1 aliphatic heterocycles. The first-order chi connectivity index (χ1) is 16.9. The molecule has 0 aliphatic carbocycles. The number of piperidine rings is 1. The van der Waals surface area contributed by atoms with Gasteiger partial charge in [0.1, 0.15) is 4.90 Å². The van der Waals surface area contributed by atoms with Crippen molar-refractivity contribution < 1.29 is 13.2 Å². The van der Waals surface area contributed by atoms with Gasteiger partial charge in [0.2, 0.25) is 15.9 Å². The number of amides is 1. The molecule has 2 aromatic carbocycles. The molecule has 9 heteroatoms. The van der Waals surface area contributed by atoms with E-state index in [9.17, 15) is 13.2 Å². The average Bonchev–Trinajstić information content (AvgIpc) is 3.23. The minimum atomic E-state index is -3.66. The molecule has 5 rings (SSSR count). The van der Waals surface area contributed by atoms with Crippen molar-refractivity contribution in [1.82, 2.24) is 18.9 Å². The van der Waals surface area contributed by atoms with E-state index in [4.69, 9.17) is 4.98 Å². The van der Waals surface area contributed by atoms with Crippen LogP contribution in [0, 0.1) is 13.8 Å². The molecule has 3 heterocycles. The highest BCUT2D eigenvalue weighted by Crippen LogP contribution is 2.27. The molecule has 1 aliphatic rings. The molecule has 0 atom stereocenters. The number of nitrogens with zero attached hydrogens (tertiary/aromatic N) is 4. The number of aryl methyl sites for hydroxylation is 2. The Kier molecular flexibility index (Phi) is 6.29. The number of anilines is 1. The topological polar surface area (TPSA) is 96.7 Å². The summed E-state index contributed by atoms with van der Waals surface area (Å²) in [6.07, 6.45) is 3.43. The summed E-state index contributed by atoms with van der Waals surface area (Å²) in [6.45, 7) is 4.96. The van der Waals surface area contributed by atoms with Crippen LogP contribution < -0.4 is 5.32 Å². The first-order valence-corrected chi connectivity index (χ1v) is 13.4. The summed E-state index contributed by atoms with van der Waals surface area (Å²) in [5.41, 5.74) is 4.79. The fourth-order valence-electron chi connectivity index (χ4n) is 4.83. The lowest BCUT2D eigenvalue weighted by Gasteiger charge is -2.26. The second-order valence-corrected chi connectivity index (χ2v) is 10.9. The van der Waals surface area contributed by atoms with E-state index in [-0.39, 0.29) is 17.2 Å². The quantitative estimate of drug-likeness (QED) is 0.435. The Hall–Kier alpha value is -3.30. The van der Waals surface area contributed by atoms with E-state index in [1.165, 1.54) is 4.31 Å². The molecule has 0 bridgehead atoms. The van der Waals surface area contributed by atoms with Crippen molar-refractivity contribution in [1.29, 1.82) is 0 Å². The zero-order valence-electron chi connectivity index (χ0n) is 20.0. The minimum absolute atomic E-state index is 0.147. The maximum atomic E-state index is 13.2. The third-order valence-corrected chi connectivity index (χ3v) is 8.67. The predicted molar refractivity (Wildman–Crippen MR) is 136 cm³/mol. The van der Waals surface area contributed by atoms with Crippen LogP contribution in [0.15, 0.2) is 53.4 Å². The molecular weight excluding hydrogens is 462 g/mol. The zero-order valence-corrected chi connectivity index (χ0v) is 20.8. The fraction of sp³-hybridized carbons (Fsp3) is 0.346. The second-order valence-electron chi connectivity index (χ2n) is 9.02. The number of hydrogen-bond acceptors (Lipinski definition) is 5. The first kappa shape index (κ1) is 23.4. The fourth-order valence-corrected chi connectivity index (χ4v) is 6.49. The number of rotatable bonds is 6. The highest BCUT2D eigenvalue weighted by Gasteiger charge is 2.28. The molecule has 0 radical (unpaired) electrons. The smallest absolute Gasteiger partial charge is 0.245 e. The van der Waals surface area contributed by atoms with Crippen molar-refractivity contribution in [3.8, 4) is 0 Å². The Balaban J connectivity index is 1.35. The maximum absolute atomic E-state index is 13.2. The van der Waals surface area contributed by atoms with Gasteiger partial charge in [-0.3, -0.25) is 4.79 Å². The lowest BCUT2D eigenvalue weighted by Crippen LogP contribution is -2.36. The number of nitrogens with one attached hydrogen (secondary N) is 1. The van der Waals surface area contributed by atoms with Crippen LogP contribution in [0.3, 0.4) is 0 Å². The number of para-hydroxylation sites is 1. The first-order valence-electron chi connectivity index (χ1n) is 12.0. The van der Waals surface area contributed by atoms with Gasteiger partial charge >= 0.3 is 0 Å². The van der Waals surface area contributed by atoms with Crippen LogP contribution in [-0.2, 0) is 21.2 Å². The normalized spacial score (nSPS) is 15.0. The third kappa shape index (κ3) is 4.41. The van der Waals surface area contributed by atoms with Crippen molar-refractivity contribution in [2.45, 2.75) is 50.8 Å². The maximum Gasteiger partial charge on any atom is 0.245 e. The van der Waals surface area contributed by atoms with E-state index in [0.717, 1.165) is 52.8 Å². The van der Waals surface area contributed by atoms with Crippen molar-refractivity contribution in [3.05, 3.63) is 65.5 Å². The third-order valence-electron chi connectivity index (χ3n) is 6.71. The molecule has 182 valence electrons. The van der Waals surface area contributed by atoms with Crippen LogP contribution >= 0.6 is 0 Å². The molecule has 8 nitrogen and oxygen atoms in total. The van der Waals surface area contributed by atoms with Gasteiger partial charge < -0.3 is 5.32 Å². The van der Waals surface area contributed by atoms with Crippen LogP contribution in [0.25, 0.3) is 16.6 Å². The number of benzene rings is 2. The zero-order chi connectivity index (χ0) is 24.6. The molecule has 1 N–H and O–H groups in total. The van der Waals surface area contributed by atoms with Crippen molar-refractivity contribution in [2.24, 2.45) is 0 Å². The van der Waals surface area contributed by atoms with Gasteiger partial charge in [0.25, 0.3) is 0 Å². The van der Waals surface area contributed by atoms with Gasteiger partial charge in [-0.05, 0) is 62.9 Å². The number of fused-ring (bicyclic) bond motifs is 3. The molecule has 2 aromatic heterocycles. The van der Waals surface area contributed by atoms with Gasteiger partial charge in [0.15, 0.2) is 5.65 Å². The predicted octanol–water partition coefficient (Wildman–Crippen LogP) is 4.25. The molecule has 35 heavy (non-hydrogen) atoms. The van der Waals surface area contributed by atoms with Crippen LogP contribution in [0.4, 0.5) is 5.69 Å². The minimum Gasteiger partial charge on any atom is -0.325 e. The van der Waals surface area contributed by atoms with Crippen molar-refractivity contribution in [2.75, 3.05) is 18.4 Å². The number of hydrogen-bond donors (Lipinski definition) is 1. The molecule has 0 spiro atoms. The Morgan fingerprint density at radius 3 is 2.51 bits per heavy atom. The van der Waals surface area contributed by atoms with E-state index in [0.29, 0.717) is 25.2 Å². The van der Waals surface area contributed by atoms with Gasteiger partial charge in [0, 0.05) is 36.3 Å². The summed E-state index contributed by atoms with van der Waals surface area (Å²) in [6, 6.07) is 14.5. The summed E-state index contributed by atoms with van der Waals surface area (Å²) in [5.74, 6) is -0.240. The molecule has 1 saturated heterocycles. The Morgan fingerprint density at radius 1 is 1.00 bits per heavy atom. The Labute approximate surface area is 205 Å². The van der Waals surface area contributed by atoms with E-state index in [2.05, 4.69) is 10.4 Å². The van der Waals surface area contributed by atoms with Crippen LogP contribution in [-0.4, -0.2) is 46.3 Å². The summed E-state index contributed by atoms with van der Waals surface area (Å²) >= 11 is 0. The number of aromatic nitrogens is 3. The number of carbonyl (C=O) groups is 1. The van der Waals surface area contributed by atoms with Gasteiger partial charge in [-0.2, -0.15) is 9.40 Å². The van der Waals surface area contributed by atoms with Crippen LogP contribution in [0.5, 0.6) is 0 Å². The van der Waals surface area contributed by atoms with Crippen LogP contribution in [0.2, 0.25) is 0 Å². The molecular formula is C26H29N5O3S. The largest absolute Gasteiger partial charge is 0.325 e. The van der Waals surface area contributed by atoms with Gasteiger partial charge in [-0.15, -0.1) is 0 Å². The molecule has 0 saturated carbocycles. The molecule has 1 fully saturated rings. The lowest BCUT2D eigenvalue weighted by molar-refractivity contribution is -0.116. The summed E-state index contributed by atoms with van der Waals surface area (Å²) in [4.78, 5) is 17.8. The van der Waals surface area contributed by atoms with Crippen molar-refractivity contribution in [3.63, 3.8) is 0 Å². The van der Waals surface area contributed by atoms with Gasteiger partial charge in [-0.1, -0.05) is 30.7 Å². The van der Waals surface area contributed by atoms with Gasteiger partial charge in [-0.25, -0.2) is 17.9 Å². The van der Waals surface area contributed by atoms with E-state index in [1.54, 1.807) is 24.3 Å². The molecule has 0 unspecified atom stereocenters. The van der Waals surface area contributed by atoms with E-state index < -0.39 is 10.0 Å². The Morgan fingerprint density at radius 2 is 1.71 bits per heavy atom. The lowest BCUT2D eigenvalue weighted by atomic mass is 10.1. The van der Waals surface area contributed by atoms with Crippen molar-refractivity contribution >= 4 is 38.2 Å². The summed E-state index contributed by atoms with van der Waals surface area (Å²) in [7, 11) is -3.66. The number of carbonyl (C=O) groups excluding carboxylic acids is 1. The Bertz CT molecular complexity index is 1520. The second kappa shape index (κ2) is 9.39. The average molecular weight is 492 g/mol. The summed E-state index contributed by atoms with van der Waals surface area (Å²) in [5, 5.41) is 8.51. The molecule has 4 aromatic rings. The number of sulfonamides is 1. The highest BCUT2D eigenvalue weighted by molar-refractivity contribution is 7.89. The van der Waals surface area contributed by atoms with Gasteiger partial charge in [0.05, 0.1) is 11.2 Å². The summed E-state index contributed by atoms with van der Waals surface area (Å²) < 4.78 is 29.8. The molecule has 1 amide bonds. The van der Waals surface area contributed by atoms with Crippen LogP contribution in [0.1, 0.15) is 42.6 Å². The van der Waals surface area contributed by atoms with E-state index >= 15 is 0 Å². The van der Waals surface area contributed by atoms with E-state index in [1.807, 2.05) is 42.6 Å². The SMILES string of the molecule is Cc1nc2c3ccccc3nn2c(C)c1CCC(=O)Nc1ccccc1S(=O)(=O)N1CCCCC1. The monoisotopic (exact) mass is 491 g/mol. The highest BCUT2D eigenvalue weighted by atomic mass is 32.2. The standard InChI is InChI=1S/C26H29N5O3S/c1-18-20(19(2)31-26(27-18)21-10-4-5-11-22(21)29-31)14-15-25(32)28-23-12-6-7-13-24(23)35(33,34)30-16-8-3-9-17-30/h4-7,10-13H,3,8-9,14-17H2,1-2H3,(H,28,32).